The van der Waals surface area contributed by atoms with Crippen LogP contribution in [0.4, 0.5) is 0 Å². The van der Waals surface area contributed by atoms with Crippen LogP contribution in [0.5, 0.6) is 0 Å². The molecule has 1 heterocycles. The van der Waals surface area contributed by atoms with Gasteiger partial charge in [0.1, 0.15) is 0 Å². The summed E-state index contributed by atoms with van der Waals surface area (Å²) in [7, 11) is 0. The Labute approximate surface area is 91.1 Å². The topological polar surface area (TPSA) is 49.8 Å². The predicted molar refractivity (Wildman–Crippen MR) is 57.4 cm³/mol. The Bertz CT molecular complexity index is 188. The fourth-order valence-electron chi connectivity index (χ4n) is 2.05. The second-order valence-electron chi connectivity index (χ2n) is 4.23. The molecule has 0 saturated carbocycles. The van der Waals surface area contributed by atoms with Gasteiger partial charge in [0.05, 0.1) is 5.92 Å². The lowest BCUT2D eigenvalue weighted by molar-refractivity contribution is -0.240. The molecule has 0 unspecified atom stereocenters. The number of unbranched alkanes of at least 4 members (excludes halogenated alkanes) is 2. The van der Waals surface area contributed by atoms with E-state index in [0.29, 0.717) is 0 Å². The molecule has 0 amide bonds. The molecule has 0 aromatic rings. The number of likely N-dealkylation sites (tertiary alicyclic amines) is 1. The zero-order valence-electron chi connectivity index (χ0n) is 9.45. The Hall–Kier alpha value is -0.610. The zero-order chi connectivity index (χ0) is 11.1. The maximum atomic E-state index is 11.0. The van der Waals surface area contributed by atoms with Crippen molar-refractivity contribution < 1.29 is 14.9 Å². The van der Waals surface area contributed by atoms with Crippen LogP contribution in [-0.2, 0) is 9.68 Å². The Morgan fingerprint density at radius 2 is 2.07 bits per heavy atom. The molecule has 0 aromatic carbocycles. The lowest BCUT2D eigenvalue weighted by Gasteiger charge is -2.30. The molecule has 0 aromatic heterocycles. The van der Waals surface area contributed by atoms with E-state index in [1.807, 2.05) is 0 Å². The fraction of sp³-hybridized carbons (Fsp3) is 0.909. The van der Waals surface area contributed by atoms with E-state index in [9.17, 15) is 4.79 Å². The van der Waals surface area contributed by atoms with Gasteiger partial charge in [-0.3, -0.25) is 0 Å². The molecule has 4 nitrogen and oxygen atoms in total. The van der Waals surface area contributed by atoms with Crippen molar-refractivity contribution in [3.63, 3.8) is 0 Å². The van der Waals surface area contributed by atoms with Crippen LogP contribution >= 0.6 is 0 Å². The van der Waals surface area contributed by atoms with Gasteiger partial charge < -0.3 is 9.79 Å². The molecule has 4 heteroatoms. The maximum absolute atomic E-state index is 11.0. The fourth-order valence-corrected chi connectivity index (χ4v) is 2.05. The van der Waals surface area contributed by atoms with E-state index in [2.05, 4.69) is 16.7 Å². The van der Waals surface area contributed by atoms with E-state index in [0.717, 1.165) is 32.5 Å². The zero-order valence-corrected chi connectivity index (χ0v) is 9.45. The van der Waals surface area contributed by atoms with Gasteiger partial charge in [0.15, 0.2) is 0 Å². The number of nitrogens with zero attached hydrogens (tertiary/aromatic N) is 1. The first-order chi connectivity index (χ1) is 7.27. The first-order valence-electron chi connectivity index (χ1n) is 5.85. The highest BCUT2D eigenvalue weighted by Gasteiger charge is 2.25. The summed E-state index contributed by atoms with van der Waals surface area (Å²) in [6, 6.07) is 0. The van der Waals surface area contributed by atoms with Crippen molar-refractivity contribution in [3.05, 3.63) is 0 Å². The summed E-state index contributed by atoms with van der Waals surface area (Å²) in [5.41, 5.74) is 0. The first-order valence-corrected chi connectivity index (χ1v) is 5.85. The summed E-state index contributed by atoms with van der Waals surface area (Å²) in [5.74, 6) is -0.569. The molecule has 0 spiro atoms. The molecule has 1 N–H and O–H groups in total. The van der Waals surface area contributed by atoms with Gasteiger partial charge in [-0.05, 0) is 38.9 Å². The molecule has 1 rings (SSSR count). The minimum atomic E-state index is -0.469. The second-order valence-corrected chi connectivity index (χ2v) is 4.23. The molecule has 1 aliphatic rings. The van der Waals surface area contributed by atoms with Crippen molar-refractivity contribution in [2.45, 2.75) is 39.0 Å². The van der Waals surface area contributed by atoms with Crippen LogP contribution in [0.1, 0.15) is 39.0 Å². The van der Waals surface area contributed by atoms with Crippen LogP contribution in [-0.4, -0.2) is 35.8 Å². The molecular formula is C11H21NO3. The van der Waals surface area contributed by atoms with Crippen molar-refractivity contribution >= 4 is 5.97 Å². The minimum absolute atomic E-state index is 0.0996. The molecular weight excluding hydrogens is 194 g/mol. The normalized spacial score (nSPS) is 19.1. The highest BCUT2D eigenvalue weighted by molar-refractivity contribution is 5.71. The summed E-state index contributed by atoms with van der Waals surface area (Å²) < 4.78 is 0. The lowest BCUT2D eigenvalue weighted by Crippen LogP contribution is -2.37. The Kier molecular flexibility index (Phi) is 5.65. The average molecular weight is 215 g/mol. The van der Waals surface area contributed by atoms with Gasteiger partial charge in [0.2, 0.25) is 0 Å². The van der Waals surface area contributed by atoms with Crippen LogP contribution < -0.4 is 0 Å². The molecule has 15 heavy (non-hydrogen) atoms. The van der Waals surface area contributed by atoms with E-state index in [4.69, 9.17) is 5.26 Å². The van der Waals surface area contributed by atoms with Crippen LogP contribution in [0.25, 0.3) is 0 Å². The van der Waals surface area contributed by atoms with Gasteiger partial charge in [-0.1, -0.05) is 19.8 Å². The SMILES string of the molecule is CCCCCN1CCC(C(=O)OO)CC1. The van der Waals surface area contributed by atoms with E-state index >= 15 is 0 Å². The van der Waals surface area contributed by atoms with E-state index in [-0.39, 0.29) is 5.92 Å². The average Bonchev–Trinajstić information content (AvgIpc) is 2.29. The molecule has 1 aliphatic heterocycles. The van der Waals surface area contributed by atoms with Crippen LogP contribution in [0.2, 0.25) is 0 Å². The third-order valence-electron chi connectivity index (χ3n) is 3.09. The summed E-state index contributed by atoms with van der Waals surface area (Å²) in [4.78, 5) is 17.2. The Morgan fingerprint density at radius 1 is 1.40 bits per heavy atom. The monoisotopic (exact) mass is 215 g/mol. The second kappa shape index (κ2) is 6.80. The molecule has 1 saturated heterocycles. The molecule has 0 aliphatic carbocycles. The van der Waals surface area contributed by atoms with E-state index < -0.39 is 5.97 Å². The van der Waals surface area contributed by atoms with Gasteiger partial charge in [0.25, 0.3) is 0 Å². The van der Waals surface area contributed by atoms with Gasteiger partial charge in [-0.2, -0.15) is 5.26 Å². The summed E-state index contributed by atoms with van der Waals surface area (Å²) in [6.07, 6.45) is 5.38. The van der Waals surface area contributed by atoms with Gasteiger partial charge in [-0.25, -0.2) is 4.79 Å². The third-order valence-corrected chi connectivity index (χ3v) is 3.09. The molecule has 0 atom stereocenters. The maximum Gasteiger partial charge on any atom is 0.345 e. The van der Waals surface area contributed by atoms with E-state index in [1.54, 1.807) is 0 Å². The predicted octanol–water partition coefficient (Wildman–Crippen LogP) is 1.90. The highest BCUT2D eigenvalue weighted by atomic mass is 17.1. The molecule has 0 radical (unpaired) electrons. The van der Waals surface area contributed by atoms with E-state index in [1.165, 1.54) is 19.3 Å². The van der Waals surface area contributed by atoms with Crippen molar-refractivity contribution in [1.82, 2.24) is 4.90 Å². The van der Waals surface area contributed by atoms with Crippen molar-refractivity contribution in [2.24, 2.45) is 5.92 Å². The van der Waals surface area contributed by atoms with Crippen LogP contribution in [0.15, 0.2) is 0 Å². The van der Waals surface area contributed by atoms with Gasteiger partial charge in [-0.15, -0.1) is 0 Å². The first kappa shape index (κ1) is 12.5. The number of piperidine rings is 1. The lowest BCUT2D eigenvalue weighted by atomic mass is 9.97. The number of carbonyl (C=O) groups is 1. The number of carbonyl (C=O) groups excluding carboxylic acids is 1. The minimum Gasteiger partial charge on any atom is -0.303 e. The summed E-state index contributed by atoms with van der Waals surface area (Å²) in [6.45, 7) is 5.23. The largest absolute Gasteiger partial charge is 0.345 e. The Balaban J connectivity index is 2.15. The summed E-state index contributed by atoms with van der Waals surface area (Å²) >= 11 is 0. The number of rotatable bonds is 5. The number of hydrogen-bond donors (Lipinski definition) is 1. The highest BCUT2D eigenvalue weighted by Crippen LogP contribution is 2.18. The summed E-state index contributed by atoms with van der Waals surface area (Å²) in [5, 5.41) is 8.26. The standard InChI is InChI=1S/C11H21NO3/c1-2-3-4-7-12-8-5-10(6-9-12)11(13)15-14/h10,14H,2-9H2,1H3. The molecule has 1 fully saturated rings. The smallest absolute Gasteiger partial charge is 0.303 e. The van der Waals surface area contributed by atoms with Crippen LogP contribution in [0.3, 0.4) is 0 Å². The Morgan fingerprint density at radius 3 is 2.60 bits per heavy atom. The quantitative estimate of drug-likeness (QED) is 0.432. The number of hydrogen-bond acceptors (Lipinski definition) is 4. The van der Waals surface area contributed by atoms with Gasteiger partial charge >= 0.3 is 5.97 Å². The van der Waals surface area contributed by atoms with Crippen molar-refractivity contribution in [1.29, 1.82) is 0 Å². The van der Waals surface area contributed by atoms with Crippen molar-refractivity contribution in [2.75, 3.05) is 19.6 Å². The van der Waals surface area contributed by atoms with Crippen LogP contribution in [0, 0.1) is 5.92 Å². The molecule has 88 valence electrons. The van der Waals surface area contributed by atoms with Gasteiger partial charge in [0, 0.05) is 0 Å². The van der Waals surface area contributed by atoms with Crippen molar-refractivity contribution in [3.8, 4) is 0 Å². The third kappa shape index (κ3) is 4.18. The molecule has 0 bridgehead atoms.